The fourth-order valence-corrected chi connectivity index (χ4v) is 1.40. The zero-order chi connectivity index (χ0) is 10.7. The number of hydrogen-bond acceptors (Lipinski definition) is 3. The zero-order valence-electron chi connectivity index (χ0n) is 8.45. The maximum atomic E-state index is 11.5. The summed E-state index contributed by atoms with van der Waals surface area (Å²) >= 11 is 0. The first kappa shape index (κ1) is 11.0. The van der Waals surface area contributed by atoms with E-state index in [1.807, 2.05) is 6.92 Å². The van der Waals surface area contributed by atoms with Gasteiger partial charge in [-0.05, 0) is 19.3 Å². The average Bonchev–Trinajstić information content (AvgIpc) is 2.51. The minimum absolute atomic E-state index is 0.204. The van der Waals surface area contributed by atoms with E-state index in [-0.39, 0.29) is 11.8 Å². The van der Waals surface area contributed by atoms with Gasteiger partial charge < -0.3 is 15.8 Å². The van der Waals surface area contributed by atoms with Gasteiger partial charge in [0.25, 0.3) is 0 Å². The molecule has 1 fully saturated rings. The first-order valence-corrected chi connectivity index (χ1v) is 4.73. The molecule has 2 amide bonds. The van der Waals surface area contributed by atoms with Crippen LogP contribution in [0.25, 0.3) is 0 Å². The molecular weight excluding hydrogens is 184 g/mol. The quantitative estimate of drug-likeness (QED) is 0.638. The predicted molar refractivity (Wildman–Crippen MR) is 50.3 cm³/mol. The summed E-state index contributed by atoms with van der Waals surface area (Å²) in [5.74, 6) is -0.583. The van der Waals surface area contributed by atoms with Crippen molar-refractivity contribution < 1.29 is 14.3 Å². The highest BCUT2D eigenvalue weighted by Gasteiger charge is 2.31. The smallest absolute Gasteiger partial charge is 0.250 e. The van der Waals surface area contributed by atoms with Gasteiger partial charge in [0, 0.05) is 6.61 Å². The zero-order valence-corrected chi connectivity index (χ0v) is 8.45. The lowest BCUT2D eigenvalue weighted by Crippen LogP contribution is -2.47. The van der Waals surface area contributed by atoms with Gasteiger partial charge in [-0.15, -0.1) is 0 Å². The second-order valence-corrected chi connectivity index (χ2v) is 3.69. The van der Waals surface area contributed by atoms with Crippen molar-refractivity contribution in [1.82, 2.24) is 5.32 Å². The Labute approximate surface area is 83.0 Å². The van der Waals surface area contributed by atoms with Crippen LogP contribution in [0, 0.1) is 5.92 Å². The number of hydrogen-bond donors (Lipinski definition) is 2. The normalized spacial score (nSPS) is 28.4. The molecule has 0 saturated carbocycles. The largest absolute Gasteiger partial charge is 0.368 e. The summed E-state index contributed by atoms with van der Waals surface area (Å²) in [7, 11) is 0. The predicted octanol–water partition coefficient (Wildman–Crippen LogP) is -0.599. The first-order chi connectivity index (χ1) is 6.52. The fourth-order valence-electron chi connectivity index (χ4n) is 1.40. The van der Waals surface area contributed by atoms with E-state index in [0.29, 0.717) is 6.61 Å². The SMILES string of the molecule is CC1CCOC1C(=O)N[C@H](C)C(N)=O. The molecule has 0 bridgehead atoms. The molecule has 1 aliphatic heterocycles. The average molecular weight is 200 g/mol. The van der Waals surface area contributed by atoms with E-state index in [1.54, 1.807) is 6.92 Å². The molecule has 1 rings (SSSR count). The Bertz CT molecular complexity index is 242. The molecule has 0 spiro atoms. The van der Waals surface area contributed by atoms with E-state index in [1.165, 1.54) is 0 Å². The van der Waals surface area contributed by atoms with Gasteiger partial charge in [0.05, 0.1) is 0 Å². The van der Waals surface area contributed by atoms with E-state index in [2.05, 4.69) is 5.32 Å². The third kappa shape index (κ3) is 2.45. The van der Waals surface area contributed by atoms with Crippen LogP contribution in [-0.2, 0) is 14.3 Å². The molecule has 1 saturated heterocycles. The fraction of sp³-hybridized carbons (Fsp3) is 0.778. The summed E-state index contributed by atoms with van der Waals surface area (Å²) in [4.78, 5) is 22.2. The van der Waals surface area contributed by atoms with Gasteiger partial charge in [-0.3, -0.25) is 9.59 Å². The van der Waals surface area contributed by atoms with E-state index in [0.717, 1.165) is 6.42 Å². The number of rotatable bonds is 3. The van der Waals surface area contributed by atoms with Gasteiger partial charge in [0.2, 0.25) is 11.8 Å². The van der Waals surface area contributed by atoms with Gasteiger partial charge in [-0.2, -0.15) is 0 Å². The third-order valence-electron chi connectivity index (χ3n) is 2.43. The summed E-state index contributed by atoms with van der Waals surface area (Å²) in [5, 5.41) is 2.51. The van der Waals surface area contributed by atoms with Gasteiger partial charge in [0.1, 0.15) is 12.1 Å². The highest BCUT2D eigenvalue weighted by Crippen LogP contribution is 2.19. The van der Waals surface area contributed by atoms with Crippen LogP contribution in [0.4, 0.5) is 0 Å². The number of carbonyl (C=O) groups excluding carboxylic acids is 2. The summed E-state index contributed by atoms with van der Waals surface area (Å²) in [5.41, 5.74) is 5.02. The van der Waals surface area contributed by atoms with Crippen LogP contribution in [0.2, 0.25) is 0 Å². The number of nitrogens with one attached hydrogen (secondary N) is 1. The number of carbonyl (C=O) groups is 2. The van der Waals surface area contributed by atoms with E-state index in [9.17, 15) is 9.59 Å². The van der Waals surface area contributed by atoms with Gasteiger partial charge >= 0.3 is 0 Å². The molecule has 5 heteroatoms. The van der Waals surface area contributed by atoms with Crippen molar-refractivity contribution in [3.63, 3.8) is 0 Å². The number of ether oxygens (including phenoxy) is 1. The Hall–Kier alpha value is -1.10. The van der Waals surface area contributed by atoms with Crippen molar-refractivity contribution in [3.8, 4) is 0 Å². The summed E-state index contributed by atoms with van der Waals surface area (Å²) in [6.07, 6.45) is 0.444. The van der Waals surface area contributed by atoms with Gasteiger partial charge in [-0.1, -0.05) is 6.92 Å². The minimum atomic E-state index is -0.640. The van der Waals surface area contributed by atoms with Gasteiger partial charge in [-0.25, -0.2) is 0 Å². The van der Waals surface area contributed by atoms with Crippen molar-refractivity contribution >= 4 is 11.8 Å². The molecule has 0 radical (unpaired) electrons. The van der Waals surface area contributed by atoms with Crippen LogP contribution in [0.5, 0.6) is 0 Å². The van der Waals surface area contributed by atoms with Crippen LogP contribution in [0.3, 0.4) is 0 Å². The number of amides is 2. The highest BCUT2D eigenvalue weighted by molar-refractivity contribution is 5.88. The molecule has 1 heterocycles. The molecule has 0 aliphatic carbocycles. The first-order valence-electron chi connectivity index (χ1n) is 4.73. The lowest BCUT2D eigenvalue weighted by Gasteiger charge is -2.16. The number of nitrogens with two attached hydrogens (primary N) is 1. The minimum Gasteiger partial charge on any atom is -0.368 e. The van der Waals surface area contributed by atoms with Crippen LogP contribution in [0.15, 0.2) is 0 Å². The second kappa shape index (κ2) is 4.41. The standard InChI is InChI=1S/C9H16N2O3/c1-5-3-4-14-7(5)9(13)11-6(2)8(10)12/h5-7H,3-4H2,1-2H3,(H2,10,12)(H,11,13)/t5?,6-,7?/m1/s1. The molecule has 0 aromatic rings. The summed E-state index contributed by atoms with van der Waals surface area (Å²) < 4.78 is 5.24. The molecule has 80 valence electrons. The molecule has 2 unspecified atom stereocenters. The highest BCUT2D eigenvalue weighted by atomic mass is 16.5. The Morgan fingerprint density at radius 1 is 1.57 bits per heavy atom. The molecule has 1 aliphatic rings. The lowest BCUT2D eigenvalue weighted by atomic mass is 10.0. The Morgan fingerprint density at radius 3 is 2.64 bits per heavy atom. The van der Waals surface area contributed by atoms with E-state index >= 15 is 0 Å². The van der Waals surface area contributed by atoms with Crippen molar-refractivity contribution in [1.29, 1.82) is 0 Å². The van der Waals surface area contributed by atoms with Crippen molar-refractivity contribution in [2.75, 3.05) is 6.61 Å². The Balaban J connectivity index is 2.45. The maximum Gasteiger partial charge on any atom is 0.250 e. The van der Waals surface area contributed by atoms with Crippen molar-refractivity contribution in [2.45, 2.75) is 32.4 Å². The summed E-state index contributed by atoms with van der Waals surface area (Å²) in [6, 6.07) is -0.640. The molecule has 5 nitrogen and oxygen atoms in total. The second-order valence-electron chi connectivity index (χ2n) is 3.69. The van der Waals surface area contributed by atoms with E-state index in [4.69, 9.17) is 10.5 Å². The van der Waals surface area contributed by atoms with Crippen LogP contribution in [0.1, 0.15) is 20.3 Å². The molecule has 14 heavy (non-hydrogen) atoms. The van der Waals surface area contributed by atoms with Crippen molar-refractivity contribution in [2.24, 2.45) is 11.7 Å². The lowest BCUT2D eigenvalue weighted by molar-refractivity contribution is -0.134. The Kier molecular flexibility index (Phi) is 3.46. The summed E-state index contributed by atoms with van der Waals surface area (Å²) in [6.45, 7) is 4.11. The van der Waals surface area contributed by atoms with Crippen LogP contribution in [-0.4, -0.2) is 30.6 Å². The van der Waals surface area contributed by atoms with Gasteiger partial charge in [0.15, 0.2) is 0 Å². The monoisotopic (exact) mass is 200 g/mol. The topological polar surface area (TPSA) is 81.4 Å². The Morgan fingerprint density at radius 2 is 2.21 bits per heavy atom. The van der Waals surface area contributed by atoms with Crippen molar-refractivity contribution in [3.05, 3.63) is 0 Å². The molecule has 3 N–H and O–H groups in total. The maximum absolute atomic E-state index is 11.5. The third-order valence-corrected chi connectivity index (χ3v) is 2.43. The molecule has 0 aromatic heterocycles. The molecule has 0 aromatic carbocycles. The van der Waals surface area contributed by atoms with E-state index < -0.39 is 18.1 Å². The molecule has 3 atom stereocenters. The number of primary amides is 1. The van der Waals surface area contributed by atoms with Crippen LogP contribution >= 0.6 is 0 Å². The van der Waals surface area contributed by atoms with Crippen LogP contribution < -0.4 is 11.1 Å². The molecular formula is C9H16N2O3.